The van der Waals surface area contributed by atoms with E-state index in [2.05, 4.69) is 12.1 Å². The second kappa shape index (κ2) is 2.88. The maximum Gasteiger partial charge on any atom is 0.198 e. The van der Waals surface area contributed by atoms with Crippen molar-refractivity contribution in [2.45, 2.75) is 18.9 Å². The van der Waals surface area contributed by atoms with Crippen LogP contribution in [0.15, 0.2) is 24.3 Å². The molecule has 1 aliphatic carbocycles. The van der Waals surface area contributed by atoms with E-state index < -0.39 is 0 Å². The lowest BCUT2D eigenvalue weighted by molar-refractivity contribution is -0.0691. The lowest BCUT2D eigenvalue weighted by atomic mass is 10.1. The summed E-state index contributed by atoms with van der Waals surface area (Å²) in [5.41, 5.74) is 2.56. The van der Waals surface area contributed by atoms with Crippen LogP contribution in [0.2, 0.25) is 0 Å². The molecule has 0 heterocycles. The van der Waals surface area contributed by atoms with Crippen LogP contribution in [0.25, 0.3) is 0 Å². The van der Waals surface area contributed by atoms with Gasteiger partial charge in [0.25, 0.3) is 0 Å². The molecule has 0 saturated heterocycles. The molecule has 1 atom stereocenters. The van der Waals surface area contributed by atoms with Gasteiger partial charge in [-0.1, -0.05) is 24.3 Å². The molecule has 2 nitrogen and oxygen atoms in total. The topological polar surface area (TPSA) is 25.8 Å². The van der Waals surface area contributed by atoms with Crippen LogP contribution in [0.5, 0.6) is 0 Å². The molecule has 2 heteroatoms. The molecule has 2 radical (unpaired) electrons. The molecule has 0 spiro atoms. The molecule has 0 N–H and O–H groups in total. The van der Waals surface area contributed by atoms with Crippen molar-refractivity contribution >= 4 is 0 Å². The van der Waals surface area contributed by atoms with Crippen molar-refractivity contribution in [3.63, 3.8) is 0 Å². The molecule has 0 fully saturated rings. The number of hydroxylamine groups is 2. The van der Waals surface area contributed by atoms with Gasteiger partial charge in [0.1, 0.15) is 0 Å². The maximum absolute atomic E-state index is 11.1. The third-order valence-corrected chi connectivity index (χ3v) is 2.54. The van der Waals surface area contributed by atoms with Gasteiger partial charge in [-0.05, 0) is 12.0 Å². The average Bonchev–Trinajstić information content (AvgIpc) is 2.47. The van der Waals surface area contributed by atoms with Crippen molar-refractivity contribution in [3.05, 3.63) is 35.4 Å². The zero-order chi connectivity index (χ0) is 8.55. The first-order valence-electron chi connectivity index (χ1n) is 4.27. The van der Waals surface area contributed by atoms with Crippen LogP contribution < -0.4 is 5.06 Å². The fraction of sp³-hybridized carbons (Fsp3) is 0.400. The third-order valence-electron chi connectivity index (χ3n) is 2.54. The smallest absolute Gasteiger partial charge is 0.0620 e. The highest BCUT2D eigenvalue weighted by Gasteiger charge is 2.33. The third kappa shape index (κ3) is 1.13. The quantitative estimate of drug-likeness (QED) is 0.444. The van der Waals surface area contributed by atoms with Crippen molar-refractivity contribution in [2.24, 2.45) is 0 Å². The van der Waals surface area contributed by atoms with E-state index in [4.69, 9.17) is 0 Å². The zero-order valence-electron chi connectivity index (χ0n) is 7.16. The van der Waals surface area contributed by atoms with Crippen LogP contribution >= 0.6 is 0 Å². The van der Waals surface area contributed by atoms with Gasteiger partial charge in [0, 0.05) is 17.0 Å². The summed E-state index contributed by atoms with van der Waals surface area (Å²) in [4.78, 5) is 0. The highest BCUT2D eigenvalue weighted by Crippen LogP contribution is 2.32. The highest BCUT2D eigenvalue weighted by molar-refractivity contribution is 5.34. The van der Waals surface area contributed by atoms with E-state index in [9.17, 15) is 5.21 Å². The molecule has 0 unspecified atom stereocenters. The molecule has 0 bridgehead atoms. The summed E-state index contributed by atoms with van der Waals surface area (Å²) >= 11 is 0. The standard InChI is InChI=1S/C10H12NO/c1-11(12)10-7-6-8-4-2-3-5-9(8)10/h2-5,10H,6-7H2,1H3/q+1/t10-/m0/s1. The Labute approximate surface area is 72.4 Å². The minimum Gasteiger partial charge on any atom is -0.0620 e. The van der Waals surface area contributed by atoms with Gasteiger partial charge >= 0.3 is 0 Å². The average molecular weight is 162 g/mol. The molecule has 0 amide bonds. The Morgan fingerprint density at radius 1 is 1.42 bits per heavy atom. The number of benzene rings is 1. The van der Waals surface area contributed by atoms with Gasteiger partial charge < -0.3 is 0 Å². The second-order valence-electron chi connectivity index (χ2n) is 3.30. The number of hydrogen-bond acceptors (Lipinski definition) is 1. The van der Waals surface area contributed by atoms with Crippen molar-refractivity contribution in [3.8, 4) is 0 Å². The van der Waals surface area contributed by atoms with E-state index in [0.717, 1.165) is 17.9 Å². The number of rotatable bonds is 1. The SMILES string of the molecule is C[N+]([O])[C@H]1CCc2ccccc21. The molecular formula is C10H12NO+. The molecular weight excluding hydrogens is 150 g/mol. The predicted octanol–water partition coefficient (Wildman–Crippen LogP) is 1.79. The first-order valence-corrected chi connectivity index (χ1v) is 4.27. The summed E-state index contributed by atoms with van der Waals surface area (Å²) in [5, 5.41) is 12.2. The lowest BCUT2D eigenvalue weighted by Crippen LogP contribution is -2.22. The van der Waals surface area contributed by atoms with Gasteiger partial charge in [0.05, 0.1) is 5.21 Å². The van der Waals surface area contributed by atoms with Crippen LogP contribution in [0.4, 0.5) is 0 Å². The lowest BCUT2D eigenvalue weighted by Gasteiger charge is -2.03. The van der Waals surface area contributed by atoms with Gasteiger partial charge in [-0.25, -0.2) is 0 Å². The summed E-state index contributed by atoms with van der Waals surface area (Å²) in [7, 11) is 1.60. The van der Waals surface area contributed by atoms with Crippen LogP contribution in [0.3, 0.4) is 0 Å². The van der Waals surface area contributed by atoms with Crippen molar-refractivity contribution < 1.29 is 5.21 Å². The van der Waals surface area contributed by atoms with E-state index in [1.807, 2.05) is 12.1 Å². The Bertz CT molecular complexity index is 283. The van der Waals surface area contributed by atoms with E-state index in [0.29, 0.717) is 0 Å². The van der Waals surface area contributed by atoms with Gasteiger partial charge in [-0.3, -0.25) is 0 Å². The summed E-state index contributed by atoms with van der Waals surface area (Å²) in [6.45, 7) is 0. The van der Waals surface area contributed by atoms with Gasteiger partial charge in [0.2, 0.25) is 0 Å². The number of fused-ring (bicyclic) bond motifs is 1. The second-order valence-corrected chi connectivity index (χ2v) is 3.30. The molecule has 0 aliphatic heterocycles. The Morgan fingerprint density at radius 3 is 2.92 bits per heavy atom. The van der Waals surface area contributed by atoms with Gasteiger partial charge in [-0.2, -0.15) is 0 Å². The molecule has 12 heavy (non-hydrogen) atoms. The Balaban J connectivity index is 2.36. The Kier molecular flexibility index (Phi) is 1.87. The monoisotopic (exact) mass is 162 g/mol. The van der Waals surface area contributed by atoms with Gasteiger partial charge in [0.15, 0.2) is 13.1 Å². The number of hydrogen-bond donors (Lipinski definition) is 0. The van der Waals surface area contributed by atoms with Crippen molar-refractivity contribution in [1.82, 2.24) is 5.06 Å². The normalized spacial score (nSPS) is 21.4. The first-order chi connectivity index (χ1) is 5.79. The van der Waals surface area contributed by atoms with Crippen molar-refractivity contribution in [2.75, 3.05) is 7.05 Å². The summed E-state index contributed by atoms with van der Waals surface area (Å²) in [6.07, 6.45) is 2.02. The Morgan fingerprint density at radius 2 is 2.17 bits per heavy atom. The fourth-order valence-electron chi connectivity index (χ4n) is 1.91. The Hall–Kier alpha value is -0.860. The largest absolute Gasteiger partial charge is 0.198 e. The highest BCUT2D eigenvalue weighted by atomic mass is 16.5. The van der Waals surface area contributed by atoms with E-state index in [1.54, 1.807) is 7.05 Å². The minimum atomic E-state index is 0.0983. The molecule has 62 valence electrons. The van der Waals surface area contributed by atoms with Crippen LogP contribution in [-0.2, 0) is 11.6 Å². The van der Waals surface area contributed by atoms with Gasteiger partial charge in [-0.15, -0.1) is 0 Å². The molecule has 1 aromatic rings. The summed E-state index contributed by atoms with van der Waals surface area (Å²) in [6, 6.07) is 8.30. The molecule has 1 aliphatic rings. The molecule has 2 rings (SSSR count). The molecule has 0 aromatic heterocycles. The number of aryl methyl sites for hydroxylation is 1. The summed E-state index contributed by atoms with van der Waals surface area (Å²) < 4.78 is 0. The molecule has 0 saturated carbocycles. The fourth-order valence-corrected chi connectivity index (χ4v) is 1.91. The minimum absolute atomic E-state index is 0.0983. The van der Waals surface area contributed by atoms with Crippen LogP contribution in [0, 0.1) is 0 Å². The van der Waals surface area contributed by atoms with Crippen molar-refractivity contribution in [1.29, 1.82) is 0 Å². The molecule has 1 aromatic carbocycles. The van der Waals surface area contributed by atoms with Crippen LogP contribution in [-0.4, -0.2) is 7.05 Å². The van der Waals surface area contributed by atoms with E-state index in [-0.39, 0.29) is 6.04 Å². The number of nitrogens with zero attached hydrogens (tertiary/aromatic N) is 1. The van der Waals surface area contributed by atoms with E-state index in [1.165, 1.54) is 11.1 Å². The maximum atomic E-state index is 11.1. The van der Waals surface area contributed by atoms with E-state index >= 15 is 0 Å². The zero-order valence-corrected chi connectivity index (χ0v) is 7.16. The first kappa shape index (κ1) is 7.77. The predicted molar refractivity (Wildman–Crippen MR) is 46.2 cm³/mol. The van der Waals surface area contributed by atoms with Crippen LogP contribution in [0.1, 0.15) is 23.6 Å². The summed E-state index contributed by atoms with van der Waals surface area (Å²) in [5.74, 6) is 0.